The van der Waals surface area contributed by atoms with E-state index < -0.39 is 23.8 Å². The first-order valence-corrected chi connectivity index (χ1v) is 12.1. The molecule has 1 atom stereocenters. The molecule has 2 amide bonds. The van der Waals surface area contributed by atoms with E-state index in [1.807, 2.05) is 13.8 Å². The van der Waals surface area contributed by atoms with Crippen molar-refractivity contribution in [2.75, 3.05) is 5.32 Å². The molecule has 9 nitrogen and oxygen atoms in total. The minimum absolute atomic E-state index is 0.0314. The number of amides is 2. The lowest BCUT2D eigenvalue weighted by molar-refractivity contribution is -0.119. The number of rotatable bonds is 9. The summed E-state index contributed by atoms with van der Waals surface area (Å²) in [6.45, 7) is 5.45. The molecule has 35 heavy (non-hydrogen) atoms. The van der Waals surface area contributed by atoms with E-state index in [9.17, 15) is 9.59 Å². The van der Waals surface area contributed by atoms with Gasteiger partial charge in [0.05, 0.1) is 11.4 Å². The van der Waals surface area contributed by atoms with E-state index in [4.69, 9.17) is 4.52 Å². The van der Waals surface area contributed by atoms with Crippen molar-refractivity contribution in [2.45, 2.75) is 58.9 Å². The van der Waals surface area contributed by atoms with Crippen LogP contribution in [0.4, 0.5) is 10.2 Å². The van der Waals surface area contributed by atoms with Crippen LogP contribution in [0.5, 0.6) is 0 Å². The van der Waals surface area contributed by atoms with Crippen LogP contribution in [-0.4, -0.2) is 38.2 Å². The topological polar surface area (TPSA) is 126 Å². The Hall–Kier alpha value is -3.56. The van der Waals surface area contributed by atoms with Crippen LogP contribution in [0.15, 0.2) is 22.9 Å². The number of aryl methyl sites for hydroxylation is 3. The average molecular weight is 481 g/mol. The van der Waals surface area contributed by atoms with E-state index in [1.54, 1.807) is 19.1 Å². The second kappa shape index (κ2) is 9.24. The highest BCUT2D eigenvalue weighted by Crippen LogP contribution is 2.51. The first-order valence-electron chi connectivity index (χ1n) is 12.1. The summed E-state index contributed by atoms with van der Waals surface area (Å²) < 4.78 is 19.9. The van der Waals surface area contributed by atoms with E-state index in [0.717, 1.165) is 37.1 Å². The Labute approximate surface area is 202 Å². The lowest BCUT2D eigenvalue weighted by Crippen LogP contribution is -2.50. The van der Waals surface area contributed by atoms with E-state index in [0.29, 0.717) is 40.6 Å². The summed E-state index contributed by atoms with van der Waals surface area (Å²) in [7, 11) is 0. The lowest BCUT2D eigenvalue weighted by atomic mass is 9.88. The second-order valence-corrected chi connectivity index (χ2v) is 9.56. The maximum Gasteiger partial charge on any atom is 0.257 e. The quantitative estimate of drug-likeness (QED) is 0.398. The number of nitrogens with zero attached hydrogens (tertiary/aromatic N) is 3. The molecule has 2 aliphatic carbocycles. The number of nitrogens with one attached hydrogen (secondary N) is 3. The molecule has 3 N–H and O–H groups in total. The molecule has 3 aromatic heterocycles. The van der Waals surface area contributed by atoms with Crippen molar-refractivity contribution in [1.29, 1.82) is 0 Å². The van der Waals surface area contributed by atoms with Crippen LogP contribution in [0.1, 0.15) is 60.0 Å². The largest absolute Gasteiger partial charge is 0.364 e. The van der Waals surface area contributed by atoms with Crippen molar-refractivity contribution in [1.82, 2.24) is 25.7 Å². The third kappa shape index (κ3) is 4.69. The Morgan fingerprint density at radius 2 is 1.91 bits per heavy atom. The van der Waals surface area contributed by atoms with Crippen molar-refractivity contribution in [3.63, 3.8) is 0 Å². The summed E-state index contributed by atoms with van der Waals surface area (Å²) >= 11 is 0. The highest BCUT2D eigenvalue weighted by Gasteiger charge is 2.48. The van der Waals surface area contributed by atoms with Gasteiger partial charge in [0.2, 0.25) is 11.9 Å². The normalized spacial score (nSPS) is 16.4. The van der Waals surface area contributed by atoms with Crippen molar-refractivity contribution in [2.24, 2.45) is 17.8 Å². The molecular weight excluding hydrogens is 451 g/mol. The molecule has 3 heterocycles. The van der Waals surface area contributed by atoms with Gasteiger partial charge in [-0.1, -0.05) is 12.1 Å². The predicted molar refractivity (Wildman–Crippen MR) is 126 cm³/mol. The van der Waals surface area contributed by atoms with E-state index in [-0.39, 0.29) is 11.7 Å². The zero-order valence-electron chi connectivity index (χ0n) is 20.0. The maximum absolute atomic E-state index is 15.0. The van der Waals surface area contributed by atoms with Crippen LogP contribution in [-0.2, 0) is 11.2 Å². The molecule has 5 rings (SSSR count). The molecule has 0 radical (unpaired) electrons. The van der Waals surface area contributed by atoms with Crippen LogP contribution < -0.4 is 10.6 Å². The van der Waals surface area contributed by atoms with Crippen LogP contribution in [0.3, 0.4) is 0 Å². The monoisotopic (exact) mass is 480 g/mol. The molecule has 0 aliphatic heterocycles. The minimum atomic E-state index is -0.760. The SMILES string of the molecule is CCc1n[nH]c(C)c1-c1ccc(NC(=O)C(NC(=O)c2conc2C)C(C2CC2)C2CC2)nc1F. The van der Waals surface area contributed by atoms with Crippen LogP contribution in [0.2, 0.25) is 0 Å². The Bertz CT molecular complexity index is 1250. The summed E-state index contributed by atoms with van der Waals surface area (Å²) in [5, 5.41) is 16.5. The maximum atomic E-state index is 15.0. The van der Waals surface area contributed by atoms with Gasteiger partial charge < -0.3 is 15.2 Å². The number of carbonyl (C=O) groups is 2. The summed E-state index contributed by atoms with van der Waals surface area (Å²) in [5.41, 5.74) is 3.27. The molecule has 184 valence electrons. The van der Waals surface area contributed by atoms with Gasteiger partial charge in [-0.25, -0.2) is 4.98 Å². The molecule has 1 unspecified atom stereocenters. The molecule has 0 spiro atoms. The highest BCUT2D eigenvalue weighted by molar-refractivity contribution is 6.01. The van der Waals surface area contributed by atoms with E-state index in [2.05, 4.69) is 31.0 Å². The fraction of sp³-hybridized carbons (Fsp3) is 0.480. The third-order valence-electron chi connectivity index (χ3n) is 7.01. The van der Waals surface area contributed by atoms with Crippen molar-refractivity contribution in [3.8, 4) is 11.1 Å². The highest BCUT2D eigenvalue weighted by atomic mass is 19.1. The smallest absolute Gasteiger partial charge is 0.257 e. The zero-order valence-corrected chi connectivity index (χ0v) is 20.0. The van der Waals surface area contributed by atoms with E-state index in [1.165, 1.54) is 6.26 Å². The zero-order chi connectivity index (χ0) is 24.7. The number of hydrogen-bond donors (Lipinski definition) is 3. The number of pyridine rings is 1. The number of H-pyrrole nitrogens is 1. The summed E-state index contributed by atoms with van der Waals surface area (Å²) in [6.07, 6.45) is 6.09. The van der Waals surface area contributed by atoms with Gasteiger partial charge in [0.1, 0.15) is 23.7 Å². The molecular formula is C25H29FN6O3. The van der Waals surface area contributed by atoms with Gasteiger partial charge in [-0.15, -0.1) is 0 Å². The first kappa shape index (κ1) is 23.2. The standard InChI is InChI=1S/C25H29FN6O3/c1-4-18-20(13(3)30-31-18)16-9-10-19(27-23(16)26)28-25(34)22(21(14-5-6-14)15-7-8-15)29-24(33)17-11-35-32-12(17)2/h9-11,14-15,21-22H,4-8H2,1-3H3,(H,29,33)(H,30,31)(H,27,28,34). The van der Waals surface area contributed by atoms with Crippen LogP contribution in [0, 0.1) is 37.5 Å². The van der Waals surface area contributed by atoms with Crippen molar-refractivity contribution >= 4 is 17.6 Å². The molecule has 0 saturated heterocycles. The summed E-state index contributed by atoms with van der Waals surface area (Å²) in [6, 6.07) is 2.42. The number of aromatic amines is 1. The molecule has 0 aromatic carbocycles. The minimum Gasteiger partial charge on any atom is -0.364 e. The fourth-order valence-corrected chi connectivity index (χ4v) is 4.94. The number of hydrogen-bond acceptors (Lipinski definition) is 6. The van der Waals surface area contributed by atoms with Crippen LogP contribution >= 0.6 is 0 Å². The van der Waals surface area contributed by atoms with Gasteiger partial charge in [-0.3, -0.25) is 14.7 Å². The van der Waals surface area contributed by atoms with Crippen molar-refractivity contribution < 1.29 is 18.5 Å². The number of halogens is 1. The number of anilines is 1. The first-order chi connectivity index (χ1) is 16.9. The number of carbonyl (C=O) groups excluding carboxylic acids is 2. The fourth-order valence-electron chi connectivity index (χ4n) is 4.94. The molecule has 2 aliphatic rings. The number of aromatic nitrogens is 4. The van der Waals surface area contributed by atoms with Gasteiger partial charge in [0.25, 0.3) is 5.91 Å². The summed E-state index contributed by atoms with van der Waals surface area (Å²) in [5.74, 6) is -0.581. The van der Waals surface area contributed by atoms with Crippen molar-refractivity contribution in [3.05, 3.63) is 47.0 Å². The van der Waals surface area contributed by atoms with Gasteiger partial charge in [0, 0.05) is 16.8 Å². The second-order valence-electron chi connectivity index (χ2n) is 9.56. The Kier molecular flexibility index (Phi) is 6.12. The van der Waals surface area contributed by atoms with Gasteiger partial charge in [0.15, 0.2) is 0 Å². The third-order valence-corrected chi connectivity index (χ3v) is 7.01. The Morgan fingerprint density at radius 3 is 2.49 bits per heavy atom. The van der Waals surface area contributed by atoms with Gasteiger partial charge >= 0.3 is 0 Å². The van der Waals surface area contributed by atoms with Gasteiger partial charge in [-0.05, 0) is 75.8 Å². The predicted octanol–water partition coefficient (Wildman–Crippen LogP) is 3.95. The Morgan fingerprint density at radius 1 is 1.20 bits per heavy atom. The Balaban J connectivity index is 1.39. The van der Waals surface area contributed by atoms with E-state index >= 15 is 4.39 Å². The summed E-state index contributed by atoms with van der Waals surface area (Å²) in [4.78, 5) is 30.4. The molecule has 10 heteroatoms. The molecule has 2 saturated carbocycles. The lowest BCUT2D eigenvalue weighted by Gasteiger charge is -2.27. The molecule has 2 fully saturated rings. The van der Waals surface area contributed by atoms with Gasteiger partial charge in [-0.2, -0.15) is 9.49 Å². The average Bonchev–Trinajstić information content (AvgIpc) is 3.76. The molecule has 0 bridgehead atoms. The molecule has 3 aromatic rings. The van der Waals surface area contributed by atoms with Crippen LogP contribution in [0.25, 0.3) is 11.1 Å².